The Morgan fingerprint density at radius 3 is 2.31 bits per heavy atom. The summed E-state index contributed by atoms with van der Waals surface area (Å²) >= 11 is 0. The van der Waals surface area contributed by atoms with Gasteiger partial charge in [-0.3, -0.25) is 4.79 Å². The molecule has 0 bridgehead atoms. The van der Waals surface area contributed by atoms with Crippen molar-refractivity contribution >= 4 is 23.1 Å². The number of nitrogens with one attached hydrogen (secondary N) is 2. The first-order valence-corrected chi connectivity index (χ1v) is 9.09. The van der Waals surface area contributed by atoms with Gasteiger partial charge in [-0.15, -0.1) is 10.2 Å². The lowest BCUT2D eigenvalue weighted by Gasteiger charge is -2.08. The summed E-state index contributed by atoms with van der Waals surface area (Å²) in [5, 5.41) is 19.0. The van der Waals surface area contributed by atoms with Crippen molar-refractivity contribution in [3.63, 3.8) is 0 Å². The van der Waals surface area contributed by atoms with Gasteiger partial charge in [0.15, 0.2) is 11.6 Å². The van der Waals surface area contributed by atoms with E-state index in [4.69, 9.17) is 4.42 Å². The number of carbonyl (C=O) groups excluding carboxylic acids is 1. The van der Waals surface area contributed by atoms with Crippen molar-refractivity contribution in [3.05, 3.63) is 77.5 Å². The number of rotatable bonds is 5. The molecular weight excluding hydrogens is 368 g/mol. The molecule has 8 heteroatoms. The third-order valence-corrected chi connectivity index (χ3v) is 4.72. The summed E-state index contributed by atoms with van der Waals surface area (Å²) in [6.45, 7) is 6.03. The van der Waals surface area contributed by atoms with Crippen LogP contribution in [-0.4, -0.2) is 25.9 Å². The second-order valence-corrected chi connectivity index (χ2v) is 6.65. The van der Waals surface area contributed by atoms with Crippen molar-refractivity contribution < 1.29 is 9.21 Å². The van der Waals surface area contributed by atoms with Crippen LogP contribution in [0.15, 0.2) is 59.4 Å². The number of carbonyl (C=O) groups is 1. The third kappa shape index (κ3) is 3.86. The van der Waals surface area contributed by atoms with Gasteiger partial charge in [0.25, 0.3) is 5.91 Å². The number of anilines is 3. The minimum absolute atomic E-state index is 0.222. The van der Waals surface area contributed by atoms with Crippen LogP contribution in [-0.2, 0) is 0 Å². The Morgan fingerprint density at radius 2 is 1.72 bits per heavy atom. The largest absolute Gasteiger partial charge is 0.472 e. The fraction of sp³-hybridized carbons (Fsp3) is 0.143. The average molecular weight is 388 g/mol. The number of amides is 1. The minimum Gasteiger partial charge on any atom is -0.472 e. The second kappa shape index (κ2) is 7.59. The number of hydrogen-bond donors (Lipinski definition) is 2. The van der Waals surface area contributed by atoms with E-state index in [2.05, 4.69) is 25.9 Å². The summed E-state index contributed by atoms with van der Waals surface area (Å²) in [6, 6.07) is 12.6. The molecule has 2 N–H and O–H groups in total. The Bertz CT molecular complexity index is 1130. The Labute approximate surface area is 167 Å². The Hall–Kier alpha value is -3.94. The molecule has 1 aromatic carbocycles. The number of furan rings is 1. The van der Waals surface area contributed by atoms with Gasteiger partial charge in [0.05, 0.1) is 17.5 Å². The van der Waals surface area contributed by atoms with E-state index >= 15 is 0 Å². The van der Waals surface area contributed by atoms with Gasteiger partial charge < -0.3 is 15.1 Å². The second-order valence-electron chi connectivity index (χ2n) is 6.65. The van der Waals surface area contributed by atoms with Crippen LogP contribution in [0.1, 0.15) is 27.3 Å². The van der Waals surface area contributed by atoms with E-state index in [9.17, 15) is 4.79 Å². The highest BCUT2D eigenvalue weighted by molar-refractivity contribution is 6.04. The molecule has 0 saturated heterocycles. The van der Waals surface area contributed by atoms with Gasteiger partial charge >= 0.3 is 0 Å². The molecule has 0 unspecified atom stereocenters. The lowest BCUT2D eigenvalue weighted by molar-refractivity contribution is 0.102. The summed E-state index contributed by atoms with van der Waals surface area (Å²) in [4.78, 5) is 12.0. The number of hydrogen-bond acceptors (Lipinski definition) is 6. The maximum Gasteiger partial charge on any atom is 0.258 e. The molecule has 0 aliphatic rings. The van der Waals surface area contributed by atoms with E-state index in [1.54, 1.807) is 22.9 Å². The average Bonchev–Trinajstić information content (AvgIpc) is 3.35. The Balaban J connectivity index is 1.43. The molecule has 0 fully saturated rings. The zero-order chi connectivity index (χ0) is 20.4. The van der Waals surface area contributed by atoms with Gasteiger partial charge in [-0.25, -0.2) is 4.68 Å². The Kier molecular flexibility index (Phi) is 4.82. The smallest absolute Gasteiger partial charge is 0.258 e. The lowest BCUT2D eigenvalue weighted by atomic mass is 10.2. The third-order valence-electron chi connectivity index (χ3n) is 4.72. The molecule has 4 rings (SSSR count). The molecule has 29 heavy (non-hydrogen) atoms. The topological polar surface area (TPSA) is 97.9 Å². The van der Waals surface area contributed by atoms with Crippen LogP contribution in [0.25, 0.3) is 5.82 Å². The summed E-state index contributed by atoms with van der Waals surface area (Å²) in [6.07, 6.45) is 2.87. The molecule has 0 spiro atoms. The van der Waals surface area contributed by atoms with Crippen molar-refractivity contribution in [1.29, 1.82) is 0 Å². The first-order valence-electron chi connectivity index (χ1n) is 9.09. The standard InChI is InChI=1S/C21H20N6O2/c1-13-14(2)26-27(15(13)3)20-9-8-19(24-25-20)22-17-4-6-18(7-5-17)23-21(28)16-10-11-29-12-16/h4-12H,1-3H3,(H,22,24)(H,23,28). The molecule has 0 radical (unpaired) electrons. The van der Waals surface area contributed by atoms with Crippen molar-refractivity contribution in [2.75, 3.05) is 10.6 Å². The predicted molar refractivity (Wildman–Crippen MR) is 110 cm³/mol. The van der Waals surface area contributed by atoms with E-state index in [0.717, 1.165) is 22.6 Å². The van der Waals surface area contributed by atoms with Crippen LogP contribution in [0.5, 0.6) is 0 Å². The highest BCUT2D eigenvalue weighted by atomic mass is 16.3. The zero-order valence-corrected chi connectivity index (χ0v) is 16.3. The molecule has 0 saturated carbocycles. The van der Waals surface area contributed by atoms with Crippen LogP contribution >= 0.6 is 0 Å². The summed E-state index contributed by atoms with van der Waals surface area (Å²) in [5.41, 5.74) is 5.16. The van der Waals surface area contributed by atoms with E-state index in [1.165, 1.54) is 12.5 Å². The maximum atomic E-state index is 12.0. The van der Waals surface area contributed by atoms with Gasteiger partial charge in [0.2, 0.25) is 0 Å². The molecule has 1 amide bonds. The lowest BCUT2D eigenvalue weighted by Crippen LogP contribution is -2.10. The van der Waals surface area contributed by atoms with E-state index in [1.807, 2.05) is 45.0 Å². The number of aromatic nitrogens is 4. The summed E-state index contributed by atoms with van der Waals surface area (Å²) < 4.78 is 6.71. The highest BCUT2D eigenvalue weighted by Crippen LogP contribution is 2.19. The van der Waals surface area contributed by atoms with Crippen molar-refractivity contribution in [3.8, 4) is 5.82 Å². The number of aryl methyl sites for hydroxylation is 1. The van der Waals surface area contributed by atoms with Crippen molar-refractivity contribution in [2.24, 2.45) is 0 Å². The fourth-order valence-electron chi connectivity index (χ4n) is 2.83. The van der Waals surface area contributed by atoms with Crippen LogP contribution in [0, 0.1) is 20.8 Å². The van der Waals surface area contributed by atoms with Gasteiger partial charge in [0, 0.05) is 17.1 Å². The maximum absolute atomic E-state index is 12.0. The van der Waals surface area contributed by atoms with Crippen LogP contribution in [0.2, 0.25) is 0 Å². The number of nitrogens with zero attached hydrogens (tertiary/aromatic N) is 4. The van der Waals surface area contributed by atoms with Crippen LogP contribution in [0.3, 0.4) is 0 Å². The first kappa shape index (κ1) is 18.4. The molecule has 8 nitrogen and oxygen atoms in total. The molecule has 0 atom stereocenters. The fourth-order valence-corrected chi connectivity index (χ4v) is 2.83. The Morgan fingerprint density at radius 1 is 0.966 bits per heavy atom. The van der Waals surface area contributed by atoms with Gasteiger partial charge in [0.1, 0.15) is 6.26 Å². The van der Waals surface area contributed by atoms with E-state index < -0.39 is 0 Å². The monoisotopic (exact) mass is 388 g/mol. The van der Waals surface area contributed by atoms with Crippen molar-refractivity contribution in [1.82, 2.24) is 20.0 Å². The van der Waals surface area contributed by atoms with E-state index in [-0.39, 0.29) is 5.91 Å². The molecule has 0 aliphatic heterocycles. The quantitative estimate of drug-likeness (QED) is 0.532. The van der Waals surface area contributed by atoms with Crippen molar-refractivity contribution in [2.45, 2.75) is 20.8 Å². The SMILES string of the molecule is Cc1nn(-c2ccc(Nc3ccc(NC(=O)c4ccoc4)cc3)nn2)c(C)c1C. The highest BCUT2D eigenvalue weighted by Gasteiger charge is 2.11. The van der Waals surface area contributed by atoms with Gasteiger partial charge in [-0.2, -0.15) is 5.10 Å². The van der Waals surface area contributed by atoms with Crippen LogP contribution < -0.4 is 10.6 Å². The zero-order valence-electron chi connectivity index (χ0n) is 16.3. The van der Waals surface area contributed by atoms with Crippen LogP contribution in [0.4, 0.5) is 17.2 Å². The molecule has 3 heterocycles. The molecular formula is C21H20N6O2. The van der Waals surface area contributed by atoms with Gasteiger partial charge in [-0.05, 0) is 68.8 Å². The predicted octanol–water partition coefficient (Wildman–Crippen LogP) is 4.18. The summed E-state index contributed by atoms with van der Waals surface area (Å²) in [7, 11) is 0. The van der Waals surface area contributed by atoms with E-state index in [0.29, 0.717) is 22.9 Å². The normalized spacial score (nSPS) is 10.7. The molecule has 146 valence electrons. The molecule has 3 aromatic heterocycles. The minimum atomic E-state index is -0.222. The first-order chi connectivity index (χ1) is 14.0. The summed E-state index contributed by atoms with van der Waals surface area (Å²) in [5.74, 6) is 1.06. The van der Waals surface area contributed by atoms with Gasteiger partial charge in [-0.1, -0.05) is 0 Å². The number of benzene rings is 1. The molecule has 0 aliphatic carbocycles. The molecule has 4 aromatic rings.